The molecule has 0 atom stereocenters. The van der Waals surface area contributed by atoms with Gasteiger partial charge in [-0.2, -0.15) is 0 Å². The van der Waals surface area contributed by atoms with Crippen molar-refractivity contribution in [3.63, 3.8) is 0 Å². The van der Waals surface area contributed by atoms with Gasteiger partial charge in [0.05, 0.1) is 0 Å². The third-order valence-corrected chi connectivity index (χ3v) is 1.54. The maximum atomic E-state index is 10.5. The van der Waals surface area contributed by atoms with Crippen molar-refractivity contribution in [2.45, 2.75) is 33.7 Å². The minimum atomic E-state index is -0.921. The number of aliphatic carboxylic acids is 1. The van der Waals surface area contributed by atoms with Gasteiger partial charge in [0, 0.05) is 6.54 Å². The summed E-state index contributed by atoms with van der Waals surface area (Å²) >= 11 is 0. The van der Waals surface area contributed by atoms with E-state index in [4.69, 9.17) is 5.11 Å². The van der Waals surface area contributed by atoms with E-state index in [1.165, 1.54) is 4.68 Å². The van der Waals surface area contributed by atoms with E-state index in [1.807, 2.05) is 20.8 Å². The van der Waals surface area contributed by atoms with Gasteiger partial charge in [0.15, 0.2) is 5.82 Å². The molecule has 0 amide bonds. The zero-order valence-corrected chi connectivity index (χ0v) is 8.56. The Bertz CT molecular complexity index is 326. The molecule has 1 rings (SSSR count). The fraction of sp³-hybridized carbons (Fsp3) is 0.750. The van der Waals surface area contributed by atoms with Crippen molar-refractivity contribution in [2.24, 2.45) is 5.41 Å². The monoisotopic (exact) mass is 198 g/mol. The smallest absolute Gasteiger partial charge is 0.311 e. The number of nitrogens with zero attached hydrogens (tertiary/aromatic N) is 4. The van der Waals surface area contributed by atoms with Crippen molar-refractivity contribution < 1.29 is 9.90 Å². The number of carboxylic acid groups (broad SMARTS) is 1. The lowest BCUT2D eigenvalue weighted by atomic mass is 9.97. The van der Waals surface area contributed by atoms with E-state index < -0.39 is 5.97 Å². The first kappa shape index (κ1) is 10.6. The minimum Gasteiger partial charge on any atom is -0.481 e. The first-order valence-corrected chi connectivity index (χ1v) is 4.35. The molecule has 0 aliphatic carbocycles. The Morgan fingerprint density at radius 1 is 1.50 bits per heavy atom. The Morgan fingerprint density at radius 2 is 2.14 bits per heavy atom. The van der Waals surface area contributed by atoms with E-state index in [0.717, 1.165) is 0 Å². The predicted molar refractivity (Wildman–Crippen MR) is 48.6 cm³/mol. The van der Waals surface area contributed by atoms with Crippen LogP contribution < -0.4 is 0 Å². The summed E-state index contributed by atoms with van der Waals surface area (Å²) < 4.78 is 1.54. The van der Waals surface area contributed by atoms with Gasteiger partial charge in [0.2, 0.25) is 0 Å². The van der Waals surface area contributed by atoms with Gasteiger partial charge in [-0.25, -0.2) is 4.68 Å². The molecule has 0 aliphatic heterocycles. The molecular weight excluding hydrogens is 184 g/mol. The molecule has 6 heteroatoms. The van der Waals surface area contributed by atoms with Crippen LogP contribution in [-0.2, 0) is 17.8 Å². The average molecular weight is 198 g/mol. The van der Waals surface area contributed by atoms with Gasteiger partial charge in [-0.3, -0.25) is 4.79 Å². The predicted octanol–water partition coefficient (Wildman–Crippen LogP) is 0.346. The summed E-state index contributed by atoms with van der Waals surface area (Å²) in [6.45, 7) is 6.74. The van der Waals surface area contributed by atoms with Crippen LogP contribution in [0.15, 0.2) is 0 Å². The highest BCUT2D eigenvalue weighted by Crippen LogP contribution is 2.15. The van der Waals surface area contributed by atoms with E-state index in [1.54, 1.807) is 0 Å². The highest BCUT2D eigenvalue weighted by Gasteiger charge is 2.16. The van der Waals surface area contributed by atoms with Crippen molar-refractivity contribution in [1.29, 1.82) is 0 Å². The molecule has 78 valence electrons. The summed E-state index contributed by atoms with van der Waals surface area (Å²) in [6.07, 6.45) is -0.136. The second kappa shape index (κ2) is 3.73. The van der Waals surface area contributed by atoms with Gasteiger partial charge in [-0.05, 0) is 15.8 Å². The number of carbonyl (C=O) groups is 1. The summed E-state index contributed by atoms with van der Waals surface area (Å²) in [6, 6.07) is 0. The zero-order valence-electron chi connectivity index (χ0n) is 8.56. The van der Waals surface area contributed by atoms with Crippen LogP contribution in [0.1, 0.15) is 26.6 Å². The van der Waals surface area contributed by atoms with E-state index in [9.17, 15) is 4.79 Å². The van der Waals surface area contributed by atoms with Crippen molar-refractivity contribution >= 4 is 5.97 Å². The normalized spacial score (nSPS) is 11.6. The molecule has 1 heterocycles. The lowest BCUT2D eigenvalue weighted by Gasteiger charge is -2.17. The number of carboxylic acids is 1. The number of tetrazole rings is 1. The Morgan fingerprint density at radius 3 is 2.64 bits per heavy atom. The summed E-state index contributed by atoms with van der Waals surface area (Å²) in [4.78, 5) is 10.5. The lowest BCUT2D eigenvalue weighted by Crippen LogP contribution is -2.20. The molecule has 6 nitrogen and oxygen atoms in total. The van der Waals surface area contributed by atoms with E-state index in [2.05, 4.69) is 15.5 Å². The molecule has 0 spiro atoms. The van der Waals surface area contributed by atoms with Gasteiger partial charge in [0.1, 0.15) is 6.42 Å². The van der Waals surface area contributed by atoms with E-state index >= 15 is 0 Å². The maximum absolute atomic E-state index is 10.5. The van der Waals surface area contributed by atoms with Gasteiger partial charge < -0.3 is 5.11 Å². The van der Waals surface area contributed by atoms with Crippen molar-refractivity contribution in [1.82, 2.24) is 20.2 Å². The van der Waals surface area contributed by atoms with Crippen LogP contribution in [-0.4, -0.2) is 31.3 Å². The molecule has 1 N–H and O–H groups in total. The molecule has 0 fully saturated rings. The molecule has 14 heavy (non-hydrogen) atoms. The van der Waals surface area contributed by atoms with Gasteiger partial charge in [-0.1, -0.05) is 20.8 Å². The summed E-state index contributed by atoms with van der Waals surface area (Å²) in [5.41, 5.74) is 0.0304. The first-order chi connectivity index (χ1) is 6.38. The van der Waals surface area contributed by atoms with Crippen LogP contribution in [0.4, 0.5) is 0 Å². The topological polar surface area (TPSA) is 80.9 Å². The SMILES string of the molecule is CC(C)(C)Cn1nnnc1CC(=O)O. The molecule has 0 aliphatic rings. The molecule has 1 aromatic heterocycles. The van der Waals surface area contributed by atoms with Crippen molar-refractivity contribution in [3.8, 4) is 0 Å². The largest absolute Gasteiger partial charge is 0.481 e. The van der Waals surface area contributed by atoms with Gasteiger partial charge in [-0.15, -0.1) is 5.10 Å². The van der Waals surface area contributed by atoms with Crippen molar-refractivity contribution in [3.05, 3.63) is 5.82 Å². The van der Waals surface area contributed by atoms with Crippen LogP contribution >= 0.6 is 0 Å². The third kappa shape index (κ3) is 3.12. The summed E-state index contributed by atoms with van der Waals surface area (Å²) in [5, 5.41) is 19.5. The lowest BCUT2D eigenvalue weighted by molar-refractivity contribution is -0.136. The van der Waals surface area contributed by atoms with Crippen LogP contribution in [0.25, 0.3) is 0 Å². The molecule has 0 radical (unpaired) electrons. The number of aromatic nitrogens is 4. The molecule has 1 aromatic rings. The molecule has 0 saturated carbocycles. The van der Waals surface area contributed by atoms with Gasteiger partial charge in [0.25, 0.3) is 0 Å². The quantitative estimate of drug-likeness (QED) is 0.757. The molecule has 0 aromatic carbocycles. The van der Waals surface area contributed by atoms with Crippen LogP contribution in [0.5, 0.6) is 0 Å². The van der Waals surface area contributed by atoms with Crippen LogP contribution in [0.2, 0.25) is 0 Å². The summed E-state index contributed by atoms with van der Waals surface area (Å²) in [7, 11) is 0. The van der Waals surface area contributed by atoms with Crippen LogP contribution in [0.3, 0.4) is 0 Å². The van der Waals surface area contributed by atoms with Gasteiger partial charge >= 0.3 is 5.97 Å². The Kier molecular flexibility index (Phi) is 2.83. The fourth-order valence-corrected chi connectivity index (χ4v) is 1.06. The second-order valence-corrected chi connectivity index (χ2v) is 4.38. The average Bonchev–Trinajstić information content (AvgIpc) is 2.32. The highest BCUT2D eigenvalue weighted by atomic mass is 16.4. The minimum absolute atomic E-state index is 0.0304. The zero-order chi connectivity index (χ0) is 10.8. The van der Waals surface area contributed by atoms with Crippen molar-refractivity contribution in [2.75, 3.05) is 0 Å². The number of hydrogen-bond donors (Lipinski definition) is 1. The van der Waals surface area contributed by atoms with Crippen LogP contribution in [0, 0.1) is 5.41 Å². The fourth-order valence-electron chi connectivity index (χ4n) is 1.06. The Labute approximate surface area is 81.9 Å². The second-order valence-electron chi connectivity index (χ2n) is 4.38. The molecule has 0 saturated heterocycles. The number of rotatable bonds is 3. The molecule has 0 unspecified atom stereocenters. The number of hydrogen-bond acceptors (Lipinski definition) is 4. The highest BCUT2D eigenvalue weighted by molar-refractivity contribution is 5.68. The molecule has 0 bridgehead atoms. The summed E-state index contributed by atoms with van der Waals surface area (Å²) in [5.74, 6) is -0.526. The Hall–Kier alpha value is -1.46. The molecular formula is C8H14N4O2. The Balaban J connectivity index is 2.77. The maximum Gasteiger partial charge on any atom is 0.311 e. The first-order valence-electron chi connectivity index (χ1n) is 4.35. The van der Waals surface area contributed by atoms with E-state index in [0.29, 0.717) is 12.4 Å². The third-order valence-electron chi connectivity index (χ3n) is 1.54. The van der Waals surface area contributed by atoms with E-state index in [-0.39, 0.29) is 11.8 Å². The standard InChI is InChI=1S/C8H14N4O2/c1-8(2,3)5-12-6(4-7(13)14)9-10-11-12/h4-5H2,1-3H3,(H,13,14).